The zero-order valence-electron chi connectivity index (χ0n) is 10.7. The molecule has 4 heteroatoms. The number of quaternary nitrogens is 2. The third-order valence-electron chi connectivity index (χ3n) is 2.88. The number of fused-ring (bicyclic) bond motifs is 1. The summed E-state index contributed by atoms with van der Waals surface area (Å²) in [5.41, 5.74) is 2.07. The van der Waals surface area contributed by atoms with Crippen LogP contribution in [0.25, 0.3) is 10.8 Å². The molecule has 0 bridgehead atoms. The molecule has 0 aliphatic heterocycles. The molecule has 18 heavy (non-hydrogen) atoms. The average Bonchev–Trinajstić information content (AvgIpc) is 2.27. The van der Waals surface area contributed by atoms with Crippen LogP contribution in [0.5, 0.6) is 0 Å². The third-order valence-corrected chi connectivity index (χ3v) is 2.88. The molecule has 2 unspecified atom stereocenters. The zero-order valence-corrected chi connectivity index (χ0v) is 10.7. The first-order valence-electron chi connectivity index (χ1n) is 6.05. The van der Waals surface area contributed by atoms with Crippen molar-refractivity contribution in [2.24, 2.45) is 0 Å². The summed E-state index contributed by atoms with van der Waals surface area (Å²) in [6.45, 7) is 0.955. The molecular weight excluding hydrogens is 228 g/mol. The summed E-state index contributed by atoms with van der Waals surface area (Å²) >= 11 is 0. The van der Waals surface area contributed by atoms with E-state index in [1.54, 1.807) is 14.1 Å². The molecule has 96 valence electrons. The molecule has 0 saturated heterocycles. The predicted octanol–water partition coefficient (Wildman–Crippen LogP) is -0.135. The molecule has 0 aromatic heterocycles. The minimum Gasteiger partial charge on any atom is -0.634 e. The van der Waals surface area contributed by atoms with Crippen LogP contribution in [-0.4, -0.2) is 14.1 Å². The summed E-state index contributed by atoms with van der Waals surface area (Å²) in [4.78, 5) is 0. The second-order valence-corrected chi connectivity index (χ2v) is 4.77. The van der Waals surface area contributed by atoms with E-state index in [1.807, 2.05) is 36.4 Å². The molecule has 0 aliphatic carbocycles. The van der Waals surface area contributed by atoms with E-state index in [2.05, 4.69) is 0 Å². The van der Waals surface area contributed by atoms with Crippen LogP contribution in [0.1, 0.15) is 11.1 Å². The van der Waals surface area contributed by atoms with Gasteiger partial charge in [-0.3, -0.25) is 0 Å². The molecule has 2 N–H and O–H groups in total. The Kier molecular flexibility index (Phi) is 3.93. The van der Waals surface area contributed by atoms with Gasteiger partial charge in [0.15, 0.2) is 0 Å². The van der Waals surface area contributed by atoms with E-state index in [-0.39, 0.29) is 10.1 Å². The highest BCUT2D eigenvalue weighted by molar-refractivity contribution is 5.83. The highest BCUT2D eigenvalue weighted by atomic mass is 16.5. The van der Waals surface area contributed by atoms with Gasteiger partial charge in [-0.15, -0.1) is 0 Å². The molecule has 0 fully saturated rings. The molecule has 4 nitrogen and oxygen atoms in total. The van der Waals surface area contributed by atoms with Crippen LogP contribution in [0, 0.1) is 10.4 Å². The Balaban J connectivity index is 2.30. The quantitative estimate of drug-likeness (QED) is 0.738. The first kappa shape index (κ1) is 13.0. The molecule has 0 aliphatic rings. The second-order valence-electron chi connectivity index (χ2n) is 4.77. The monoisotopic (exact) mass is 246 g/mol. The number of hydrogen-bond acceptors (Lipinski definition) is 2. The lowest BCUT2D eigenvalue weighted by Gasteiger charge is -2.17. The highest BCUT2D eigenvalue weighted by Crippen LogP contribution is 2.17. The molecule has 0 spiro atoms. The van der Waals surface area contributed by atoms with E-state index in [9.17, 15) is 10.4 Å². The molecule has 2 aromatic carbocycles. The van der Waals surface area contributed by atoms with Crippen molar-refractivity contribution in [3.05, 3.63) is 57.9 Å². The Morgan fingerprint density at radius 2 is 1.17 bits per heavy atom. The Labute approximate surface area is 107 Å². The number of benzene rings is 2. The zero-order chi connectivity index (χ0) is 13.1. The van der Waals surface area contributed by atoms with Gasteiger partial charge in [0, 0.05) is 11.1 Å². The Hall–Kier alpha value is -1.46. The fourth-order valence-corrected chi connectivity index (χ4v) is 2.14. The van der Waals surface area contributed by atoms with Crippen LogP contribution < -0.4 is 10.1 Å². The smallest absolute Gasteiger partial charge is 0.102 e. The SMILES string of the molecule is C[NH+]([O-])Cc1ccc2cc(C[NH+](C)[O-])ccc2c1. The van der Waals surface area contributed by atoms with Crippen LogP contribution in [0.3, 0.4) is 0 Å². The van der Waals surface area contributed by atoms with E-state index in [4.69, 9.17) is 0 Å². The molecule has 2 atom stereocenters. The van der Waals surface area contributed by atoms with E-state index in [0.717, 1.165) is 21.9 Å². The molecular formula is C14H18N2O2. The molecule has 0 amide bonds. The molecule has 0 radical (unpaired) electrons. The van der Waals surface area contributed by atoms with Crippen LogP contribution in [-0.2, 0) is 13.1 Å². The summed E-state index contributed by atoms with van der Waals surface area (Å²) in [5, 5.41) is 24.7. The van der Waals surface area contributed by atoms with Crippen molar-refractivity contribution in [2.75, 3.05) is 14.1 Å². The lowest BCUT2D eigenvalue weighted by atomic mass is 10.0. The topological polar surface area (TPSA) is 55.0 Å². The minimum absolute atomic E-state index is 0.169. The van der Waals surface area contributed by atoms with Gasteiger partial charge < -0.3 is 20.5 Å². The largest absolute Gasteiger partial charge is 0.634 e. The van der Waals surface area contributed by atoms with Gasteiger partial charge in [-0.05, 0) is 22.9 Å². The van der Waals surface area contributed by atoms with Crippen molar-refractivity contribution in [3.63, 3.8) is 0 Å². The summed E-state index contributed by atoms with van der Waals surface area (Å²) in [6.07, 6.45) is 0. The van der Waals surface area contributed by atoms with Gasteiger partial charge in [-0.2, -0.15) is 0 Å². The van der Waals surface area contributed by atoms with Crippen molar-refractivity contribution in [1.29, 1.82) is 0 Å². The van der Waals surface area contributed by atoms with Crippen LogP contribution in [0.4, 0.5) is 0 Å². The average molecular weight is 246 g/mol. The summed E-state index contributed by atoms with van der Waals surface area (Å²) in [7, 11) is 3.19. The van der Waals surface area contributed by atoms with Gasteiger partial charge in [0.2, 0.25) is 0 Å². The third kappa shape index (κ3) is 3.27. The predicted molar refractivity (Wildman–Crippen MR) is 71.9 cm³/mol. The first-order valence-corrected chi connectivity index (χ1v) is 6.05. The van der Waals surface area contributed by atoms with Crippen LogP contribution in [0.2, 0.25) is 0 Å². The van der Waals surface area contributed by atoms with Crippen molar-refractivity contribution in [2.45, 2.75) is 13.1 Å². The normalized spacial score (nSPS) is 14.7. The van der Waals surface area contributed by atoms with Crippen molar-refractivity contribution in [3.8, 4) is 0 Å². The van der Waals surface area contributed by atoms with Gasteiger partial charge in [0.25, 0.3) is 0 Å². The summed E-state index contributed by atoms with van der Waals surface area (Å²) < 4.78 is 0. The minimum atomic E-state index is 0.169. The lowest BCUT2D eigenvalue weighted by molar-refractivity contribution is -0.840. The van der Waals surface area contributed by atoms with Gasteiger partial charge in [-0.1, -0.05) is 24.3 Å². The van der Waals surface area contributed by atoms with E-state index >= 15 is 0 Å². The standard InChI is InChI=1S/C14H18N2O2/c1-15(17)9-11-3-5-14-8-12(10-16(2)18)4-6-13(14)7-11/h3-8,15-16H,9-10H2,1-2H3. The second kappa shape index (κ2) is 5.46. The van der Waals surface area contributed by atoms with E-state index in [1.165, 1.54) is 0 Å². The van der Waals surface area contributed by atoms with Gasteiger partial charge >= 0.3 is 0 Å². The maximum atomic E-state index is 11.1. The fourth-order valence-electron chi connectivity index (χ4n) is 2.14. The maximum Gasteiger partial charge on any atom is 0.102 e. The number of hydrogen-bond donors (Lipinski definition) is 2. The van der Waals surface area contributed by atoms with Crippen molar-refractivity contribution in [1.82, 2.24) is 0 Å². The summed E-state index contributed by atoms with van der Waals surface area (Å²) in [6, 6.07) is 12.0. The molecule has 0 saturated carbocycles. The maximum absolute atomic E-state index is 11.1. The Bertz CT molecular complexity index is 489. The first-order chi connectivity index (χ1) is 8.54. The Morgan fingerprint density at radius 1 is 0.778 bits per heavy atom. The van der Waals surface area contributed by atoms with Crippen LogP contribution in [0.15, 0.2) is 36.4 Å². The van der Waals surface area contributed by atoms with E-state index < -0.39 is 0 Å². The van der Waals surface area contributed by atoms with Gasteiger partial charge in [0.1, 0.15) is 13.1 Å². The number of rotatable bonds is 4. The molecule has 0 heterocycles. The highest BCUT2D eigenvalue weighted by Gasteiger charge is 2.01. The lowest BCUT2D eigenvalue weighted by Crippen LogP contribution is -3.02. The summed E-state index contributed by atoms with van der Waals surface area (Å²) in [5.74, 6) is 0. The van der Waals surface area contributed by atoms with Crippen LogP contribution >= 0.6 is 0 Å². The molecule has 2 rings (SSSR count). The fraction of sp³-hybridized carbons (Fsp3) is 0.286. The van der Waals surface area contributed by atoms with Crippen molar-refractivity contribution >= 4 is 10.8 Å². The number of nitrogens with one attached hydrogen (secondary N) is 2. The molecule has 2 aromatic rings. The van der Waals surface area contributed by atoms with Crippen molar-refractivity contribution < 1.29 is 10.1 Å². The van der Waals surface area contributed by atoms with Gasteiger partial charge in [-0.25, -0.2) is 0 Å². The van der Waals surface area contributed by atoms with E-state index in [0.29, 0.717) is 13.1 Å². The Morgan fingerprint density at radius 3 is 1.50 bits per heavy atom. The van der Waals surface area contributed by atoms with Gasteiger partial charge in [0.05, 0.1) is 14.1 Å². The number of hydroxylamine groups is 4.